The van der Waals surface area contributed by atoms with E-state index in [9.17, 15) is 14.9 Å². The number of amides is 1. The molecule has 150 valence electrons. The summed E-state index contributed by atoms with van der Waals surface area (Å²) in [6.07, 6.45) is 1.66. The number of hydrogen-bond acceptors (Lipinski definition) is 6. The fourth-order valence-electron chi connectivity index (χ4n) is 3.13. The summed E-state index contributed by atoms with van der Waals surface area (Å²) in [5.74, 6) is 0.883. The van der Waals surface area contributed by atoms with Crippen LogP contribution >= 0.6 is 24.0 Å². The number of furan rings is 1. The van der Waals surface area contributed by atoms with E-state index in [-0.39, 0.29) is 11.6 Å². The average Bonchev–Trinajstić information content (AvgIpc) is 3.27. The molecule has 0 spiro atoms. The number of nitro benzene ring substituents is 1. The number of thioether (sulfide) groups is 1. The van der Waals surface area contributed by atoms with Gasteiger partial charge in [-0.05, 0) is 49.7 Å². The van der Waals surface area contributed by atoms with Crippen molar-refractivity contribution in [3.05, 3.63) is 86.5 Å². The third-order valence-electron chi connectivity index (χ3n) is 4.67. The number of rotatable bonds is 4. The van der Waals surface area contributed by atoms with Crippen LogP contribution in [-0.4, -0.2) is 15.2 Å². The van der Waals surface area contributed by atoms with Gasteiger partial charge in [0.15, 0.2) is 4.32 Å². The maximum Gasteiger partial charge on any atom is 0.270 e. The molecule has 30 heavy (non-hydrogen) atoms. The Morgan fingerprint density at radius 2 is 1.83 bits per heavy atom. The van der Waals surface area contributed by atoms with Crippen LogP contribution in [0.1, 0.15) is 16.9 Å². The normalized spacial score (nSPS) is 15.3. The summed E-state index contributed by atoms with van der Waals surface area (Å²) in [6, 6.07) is 15.7. The molecule has 0 aliphatic carbocycles. The summed E-state index contributed by atoms with van der Waals surface area (Å²) in [7, 11) is 0. The Balaban J connectivity index is 1.60. The van der Waals surface area contributed by atoms with E-state index in [2.05, 4.69) is 0 Å². The minimum Gasteiger partial charge on any atom is -0.457 e. The maximum atomic E-state index is 12.9. The third kappa shape index (κ3) is 3.79. The number of carbonyl (C=O) groups is 1. The molecule has 1 fully saturated rings. The molecule has 3 aromatic rings. The van der Waals surface area contributed by atoms with E-state index >= 15 is 0 Å². The number of nitro groups is 1. The lowest BCUT2D eigenvalue weighted by atomic mass is 10.1. The molecular weight excluding hydrogens is 420 g/mol. The zero-order valence-corrected chi connectivity index (χ0v) is 17.8. The molecule has 1 aromatic heterocycles. The SMILES string of the molecule is Cc1ccc(N2C(=O)/C(=C\c3ccc(-c4ccc([N+](=O)[O-])cc4C)o3)SC2=S)cc1. The van der Waals surface area contributed by atoms with Crippen molar-refractivity contribution in [3.63, 3.8) is 0 Å². The van der Waals surface area contributed by atoms with Crippen molar-refractivity contribution < 1.29 is 14.1 Å². The molecule has 0 bridgehead atoms. The van der Waals surface area contributed by atoms with Gasteiger partial charge in [-0.2, -0.15) is 0 Å². The Morgan fingerprint density at radius 3 is 2.50 bits per heavy atom. The minimum atomic E-state index is -0.430. The van der Waals surface area contributed by atoms with E-state index in [1.807, 2.05) is 31.2 Å². The highest BCUT2D eigenvalue weighted by molar-refractivity contribution is 8.27. The fraction of sp³-hybridized carbons (Fsp3) is 0.0909. The van der Waals surface area contributed by atoms with Crippen LogP contribution in [0.5, 0.6) is 0 Å². The third-order valence-corrected chi connectivity index (χ3v) is 5.97. The van der Waals surface area contributed by atoms with Gasteiger partial charge in [0.05, 0.1) is 15.5 Å². The van der Waals surface area contributed by atoms with Crippen molar-refractivity contribution in [2.75, 3.05) is 4.90 Å². The van der Waals surface area contributed by atoms with Gasteiger partial charge in [-0.15, -0.1) is 0 Å². The van der Waals surface area contributed by atoms with Crippen LogP contribution in [0.15, 0.2) is 63.9 Å². The van der Waals surface area contributed by atoms with Crippen molar-refractivity contribution in [1.29, 1.82) is 0 Å². The number of carbonyl (C=O) groups excluding carboxylic acids is 1. The van der Waals surface area contributed by atoms with E-state index in [1.54, 1.807) is 31.2 Å². The molecule has 2 aromatic carbocycles. The summed E-state index contributed by atoms with van der Waals surface area (Å²) in [6.45, 7) is 3.77. The van der Waals surface area contributed by atoms with Crippen molar-refractivity contribution in [3.8, 4) is 11.3 Å². The number of benzene rings is 2. The smallest absolute Gasteiger partial charge is 0.270 e. The second kappa shape index (κ2) is 7.89. The molecule has 0 radical (unpaired) electrons. The Kier molecular flexibility index (Phi) is 5.27. The Hall–Kier alpha value is -3.23. The number of aryl methyl sites for hydroxylation is 2. The molecule has 4 rings (SSSR count). The molecule has 8 heteroatoms. The number of thiocarbonyl (C=S) groups is 1. The first kappa shape index (κ1) is 20.1. The van der Waals surface area contributed by atoms with Gasteiger partial charge in [0.1, 0.15) is 11.5 Å². The predicted molar refractivity (Wildman–Crippen MR) is 122 cm³/mol. The predicted octanol–water partition coefficient (Wildman–Crippen LogP) is 5.88. The lowest BCUT2D eigenvalue weighted by Crippen LogP contribution is -2.27. The molecule has 0 unspecified atom stereocenters. The molecular formula is C22H16N2O4S2. The van der Waals surface area contributed by atoms with E-state index in [0.29, 0.717) is 20.7 Å². The molecule has 0 saturated carbocycles. The first-order valence-electron chi connectivity index (χ1n) is 9.03. The van der Waals surface area contributed by atoms with E-state index < -0.39 is 4.92 Å². The van der Waals surface area contributed by atoms with E-state index in [4.69, 9.17) is 16.6 Å². The summed E-state index contributed by atoms with van der Waals surface area (Å²) in [5.41, 5.74) is 3.35. The van der Waals surface area contributed by atoms with Crippen molar-refractivity contribution >= 4 is 51.7 Å². The molecule has 0 atom stereocenters. The molecule has 1 aliphatic rings. The van der Waals surface area contributed by atoms with Crippen LogP contribution < -0.4 is 4.90 Å². The highest BCUT2D eigenvalue weighted by Gasteiger charge is 2.33. The number of nitrogens with zero attached hydrogens (tertiary/aromatic N) is 2. The summed E-state index contributed by atoms with van der Waals surface area (Å²) in [5, 5.41) is 10.9. The molecule has 0 N–H and O–H groups in total. The van der Waals surface area contributed by atoms with E-state index in [1.165, 1.54) is 28.8 Å². The van der Waals surface area contributed by atoms with Crippen LogP contribution in [0.3, 0.4) is 0 Å². The summed E-state index contributed by atoms with van der Waals surface area (Å²) in [4.78, 5) is 25.4. The van der Waals surface area contributed by atoms with Crippen LogP contribution in [0.25, 0.3) is 17.4 Å². The van der Waals surface area contributed by atoms with Crippen molar-refractivity contribution in [1.82, 2.24) is 0 Å². The minimum absolute atomic E-state index is 0.0304. The lowest BCUT2D eigenvalue weighted by molar-refractivity contribution is -0.384. The zero-order valence-electron chi connectivity index (χ0n) is 16.1. The molecule has 2 heterocycles. The lowest BCUT2D eigenvalue weighted by Gasteiger charge is -2.14. The van der Waals surface area contributed by atoms with Gasteiger partial charge in [0.2, 0.25) is 0 Å². The summed E-state index contributed by atoms with van der Waals surface area (Å²) < 4.78 is 6.35. The second-order valence-corrected chi connectivity index (χ2v) is 8.49. The van der Waals surface area contributed by atoms with Crippen molar-refractivity contribution in [2.45, 2.75) is 13.8 Å². The first-order valence-corrected chi connectivity index (χ1v) is 10.3. The van der Waals surface area contributed by atoms with Crippen LogP contribution in [0, 0.1) is 24.0 Å². The van der Waals surface area contributed by atoms with Crippen LogP contribution in [-0.2, 0) is 4.79 Å². The molecule has 1 aliphatic heterocycles. The Labute approximate surface area is 182 Å². The largest absolute Gasteiger partial charge is 0.457 e. The standard InChI is InChI=1S/C22H16N2O4S2/c1-13-3-5-15(6-4-13)23-21(25)20(30-22(23)29)12-17-8-10-19(28-17)18-9-7-16(24(26)27)11-14(18)2/h3-12H,1-2H3/b20-12+. The topological polar surface area (TPSA) is 76.6 Å². The Bertz CT molecular complexity index is 1210. The quantitative estimate of drug-likeness (QED) is 0.220. The number of hydrogen-bond donors (Lipinski definition) is 0. The van der Waals surface area contributed by atoms with Crippen LogP contribution in [0.2, 0.25) is 0 Å². The second-order valence-electron chi connectivity index (χ2n) is 6.81. The highest BCUT2D eigenvalue weighted by Crippen LogP contribution is 2.37. The number of anilines is 1. The fourth-order valence-corrected chi connectivity index (χ4v) is 4.41. The van der Waals surface area contributed by atoms with Gasteiger partial charge in [0, 0.05) is 23.8 Å². The van der Waals surface area contributed by atoms with E-state index in [0.717, 1.165) is 22.4 Å². The highest BCUT2D eigenvalue weighted by atomic mass is 32.2. The number of non-ortho nitro benzene ring substituents is 1. The molecule has 6 nitrogen and oxygen atoms in total. The van der Waals surface area contributed by atoms with Crippen LogP contribution in [0.4, 0.5) is 11.4 Å². The van der Waals surface area contributed by atoms with Gasteiger partial charge in [-0.3, -0.25) is 19.8 Å². The van der Waals surface area contributed by atoms with Crippen molar-refractivity contribution in [2.24, 2.45) is 0 Å². The Morgan fingerprint density at radius 1 is 1.10 bits per heavy atom. The van der Waals surface area contributed by atoms with Gasteiger partial charge < -0.3 is 4.42 Å². The average molecular weight is 437 g/mol. The van der Waals surface area contributed by atoms with Gasteiger partial charge in [0.25, 0.3) is 11.6 Å². The molecule has 1 amide bonds. The monoisotopic (exact) mass is 436 g/mol. The summed E-state index contributed by atoms with van der Waals surface area (Å²) >= 11 is 6.62. The zero-order chi connectivity index (χ0) is 21.4. The van der Waals surface area contributed by atoms with Gasteiger partial charge in [-0.1, -0.05) is 41.7 Å². The first-order chi connectivity index (χ1) is 14.3. The molecule has 1 saturated heterocycles. The van der Waals surface area contributed by atoms with Gasteiger partial charge in [-0.25, -0.2) is 0 Å². The van der Waals surface area contributed by atoms with Gasteiger partial charge >= 0.3 is 0 Å². The maximum absolute atomic E-state index is 12.9.